The van der Waals surface area contributed by atoms with Gasteiger partial charge in [-0.15, -0.1) is 11.8 Å². The van der Waals surface area contributed by atoms with Crippen molar-refractivity contribution in [2.75, 3.05) is 19.8 Å². The topological polar surface area (TPSA) is 46.3 Å². The summed E-state index contributed by atoms with van der Waals surface area (Å²) in [5, 5.41) is 0. The fraction of sp³-hybridized carbons (Fsp3) is 0.588. The molecule has 1 amide bonds. The molecular formula is C17H26N2OS. The van der Waals surface area contributed by atoms with Crippen LogP contribution in [0.3, 0.4) is 0 Å². The lowest BCUT2D eigenvalue weighted by atomic mass is 9.73. The molecule has 0 aliphatic heterocycles. The van der Waals surface area contributed by atoms with Crippen molar-refractivity contribution in [2.24, 2.45) is 11.1 Å². The van der Waals surface area contributed by atoms with Gasteiger partial charge in [-0.05, 0) is 36.8 Å². The maximum atomic E-state index is 12.8. The minimum Gasteiger partial charge on any atom is -0.341 e. The van der Waals surface area contributed by atoms with Crippen LogP contribution in [0.25, 0.3) is 0 Å². The summed E-state index contributed by atoms with van der Waals surface area (Å²) in [6.45, 7) is 1.14. The lowest BCUT2D eigenvalue weighted by molar-refractivity contribution is -0.142. The molecule has 21 heavy (non-hydrogen) atoms. The van der Waals surface area contributed by atoms with Gasteiger partial charge in [0.2, 0.25) is 5.91 Å². The van der Waals surface area contributed by atoms with Gasteiger partial charge in [0.25, 0.3) is 0 Å². The molecule has 4 heteroatoms. The van der Waals surface area contributed by atoms with Crippen LogP contribution in [0, 0.1) is 5.41 Å². The molecule has 1 aromatic rings. The Bertz CT molecular complexity index is 466. The van der Waals surface area contributed by atoms with Crippen molar-refractivity contribution < 1.29 is 4.79 Å². The minimum atomic E-state index is -0.313. The van der Waals surface area contributed by atoms with Gasteiger partial charge in [0.1, 0.15) is 0 Å². The number of hydrogen-bond donors (Lipinski definition) is 1. The van der Waals surface area contributed by atoms with E-state index in [2.05, 4.69) is 30.5 Å². The van der Waals surface area contributed by atoms with Crippen LogP contribution < -0.4 is 5.73 Å². The summed E-state index contributed by atoms with van der Waals surface area (Å²) >= 11 is 1.73. The van der Waals surface area contributed by atoms with E-state index >= 15 is 0 Å². The molecule has 0 bridgehead atoms. The monoisotopic (exact) mass is 306 g/mol. The first-order chi connectivity index (χ1) is 10.1. The lowest BCUT2D eigenvalue weighted by Crippen LogP contribution is -2.47. The maximum absolute atomic E-state index is 12.8. The molecule has 2 N–H and O–H groups in total. The van der Waals surface area contributed by atoms with Crippen LogP contribution in [0.1, 0.15) is 37.7 Å². The maximum Gasteiger partial charge on any atom is 0.230 e. The quantitative estimate of drug-likeness (QED) is 0.849. The zero-order valence-electron chi connectivity index (χ0n) is 13.1. The van der Waals surface area contributed by atoms with Crippen LogP contribution >= 0.6 is 11.8 Å². The average molecular weight is 306 g/mol. The van der Waals surface area contributed by atoms with Gasteiger partial charge in [0, 0.05) is 25.0 Å². The van der Waals surface area contributed by atoms with E-state index in [1.165, 1.54) is 16.9 Å². The normalized spacial score (nSPS) is 17.5. The Kier molecular flexibility index (Phi) is 5.71. The Morgan fingerprint density at radius 2 is 1.86 bits per heavy atom. The van der Waals surface area contributed by atoms with Crippen molar-refractivity contribution in [3.63, 3.8) is 0 Å². The van der Waals surface area contributed by atoms with Crippen LogP contribution in [-0.2, 0) is 11.3 Å². The van der Waals surface area contributed by atoms with Crippen molar-refractivity contribution in [3.05, 3.63) is 29.8 Å². The molecule has 0 aromatic heterocycles. The predicted molar refractivity (Wildman–Crippen MR) is 89.3 cm³/mol. The number of benzene rings is 1. The molecule has 3 nitrogen and oxygen atoms in total. The fourth-order valence-electron chi connectivity index (χ4n) is 3.22. The van der Waals surface area contributed by atoms with Crippen molar-refractivity contribution in [3.8, 4) is 0 Å². The number of hydrogen-bond acceptors (Lipinski definition) is 3. The number of nitrogens with zero attached hydrogens (tertiary/aromatic N) is 1. The average Bonchev–Trinajstić information content (AvgIpc) is 2.55. The summed E-state index contributed by atoms with van der Waals surface area (Å²) < 4.78 is 0. The van der Waals surface area contributed by atoms with E-state index in [0.717, 1.165) is 25.7 Å². The van der Waals surface area contributed by atoms with Gasteiger partial charge in [-0.2, -0.15) is 0 Å². The van der Waals surface area contributed by atoms with E-state index in [0.29, 0.717) is 13.1 Å². The summed E-state index contributed by atoms with van der Waals surface area (Å²) in [4.78, 5) is 15.9. The Labute approximate surface area is 132 Å². The van der Waals surface area contributed by atoms with E-state index in [-0.39, 0.29) is 11.3 Å². The van der Waals surface area contributed by atoms with Crippen LogP contribution in [0.2, 0.25) is 0 Å². The molecule has 0 heterocycles. The lowest BCUT2D eigenvalue weighted by Gasteiger charge is -2.37. The highest BCUT2D eigenvalue weighted by molar-refractivity contribution is 7.98. The summed E-state index contributed by atoms with van der Waals surface area (Å²) in [6, 6.07) is 8.42. The van der Waals surface area contributed by atoms with E-state index in [9.17, 15) is 4.79 Å². The van der Waals surface area contributed by atoms with Gasteiger partial charge < -0.3 is 10.6 Å². The Balaban J connectivity index is 2.03. The van der Waals surface area contributed by atoms with Crippen molar-refractivity contribution in [1.82, 2.24) is 4.90 Å². The molecule has 1 fully saturated rings. The number of nitrogens with two attached hydrogens (primary N) is 1. The van der Waals surface area contributed by atoms with E-state index in [4.69, 9.17) is 5.73 Å². The second-order valence-electron chi connectivity index (χ2n) is 6.05. The second kappa shape index (κ2) is 7.32. The third-order valence-electron chi connectivity index (χ3n) is 4.58. The molecule has 0 atom stereocenters. The molecule has 0 saturated heterocycles. The zero-order valence-corrected chi connectivity index (χ0v) is 13.9. The van der Waals surface area contributed by atoms with Gasteiger partial charge in [0.15, 0.2) is 0 Å². The molecule has 1 aliphatic rings. The van der Waals surface area contributed by atoms with Crippen LogP contribution in [-0.4, -0.2) is 30.7 Å². The Morgan fingerprint density at radius 1 is 1.24 bits per heavy atom. The van der Waals surface area contributed by atoms with Crippen molar-refractivity contribution in [1.29, 1.82) is 0 Å². The molecule has 2 rings (SSSR count). The van der Waals surface area contributed by atoms with Crippen molar-refractivity contribution >= 4 is 17.7 Å². The summed E-state index contributed by atoms with van der Waals surface area (Å²) in [5.41, 5.74) is 6.82. The first-order valence-electron chi connectivity index (χ1n) is 7.70. The Morgan fingerprint density at radius 3 is 2.38 bits per heavy atom. The van der Waals surface area contributed by atoms with Crippen molar-refractivity contribution in [2.45, 2.75) is 43.5 Å². The standard InChI is InChI=1S/C17H26N2OS/c1-19(12-14-6-8-15(21-2)9-7-14)16(20)17(13-18)10-4-3-5-11-17/h6-9H,3-5,10-13,18H2,1-2H3. The fourth-order valence-corrected chi connectivity index (χ4v) is 3.62. The molecular weight excluding hydrogens is 280 g/mol. The van der Waals surface area contributed by atoms with E-state index < -0.39 is 0 Å². The highest BCUT2D eigenvalue weighted by Gasteiger charge is 2.39. The first-order valence-corrected chi connectivity index (χ1v) is 8.92. The van der Waals surface area contributed by atoms with Gasteiger partial charge in [0.05, 0.1) is 5.41 Å². The van der Waals surface area contributed by atoms with E-state index in [1.54, 1.807) is 11.8 Å². The zero-order chi connectivity index (χ0) is 15.3. The molecule has 0 spiro atoms. The van der Waals surface area contributed by atoms with Crippen LogP contribution in [0.4, 0.5) is 0 Å². The molecule has 1 aliphatic carbocycles. The Hall–Kier alpha value is -1.00. The minimum absolute atomic E-state index is 0.221. The van der Waals surface area contributed by atoms with Gasteiger partial charge in [-0.25, -0.2) is 0 Å². The van der Waals surface area contributed by atoms with Gasteiger partial charge >= 0.3 is 0 Å². The van der Waals surface area contributed by atoms with E-state index in [1.807, 2.05) is 11.9 Å². The number of thioether (sulfide) groups is 1. The number of amides is 1. The van der Waals surface area contributed by atoms with Gasteiger partial charge in [-0.1, -0.05) is 31.4 Å². The molecule has 0 radical (unpaired) electrons. The number of carbonyl (C=O) groups excluding carboxylic acids is 1. The summed E-state index contributed by atoms with van der Waals surface area (Å²) in [6.07, 6.45) is 7.43. The van der Waals surface area contributed by atoms with Crippen LogP contribution in [0.5, 0.6) is 0 Å². The third kappa shape index (κ3) is 3.80. The number of carbonyl (C=O) groups is 1. The van der Waals surface area contributed by atoms with Gasteiger partial charge in [-0.3, -0.25) is 4.79 Å². The molecule has 0 unspecified atom stereocenters. The largest absolute Gasteiger partial charge is 0.341 e. The summed E-state index contributed by atoms with van der Waals surface area (Å²) in [7, 11) is 1.90. The molecule has 1 saturated carbocycles. The summed E-state index contributed by atoms with van der Waals surface area (Å²) in [5.74, 6) is 0.221. The third-order valence-corrected chi connectivity index (χ3v) is 5.32. The number of rotatable bonds is 5. The molecule has 1 aromatic carbocycles. The highest BCUT2D eigenvalue weighted by Crippen LogP contribution is 2.37. The van der Waals surface area contributed by atoms with Crippen LogP contribution in [0.15, 0.2) is 29.2 Å². The first kappa shape index (κ1) is 16.4. The SMILES string of the molecule is CSc1ccc(CN(C)C(=O)C2(CN)CCCCC2)cc1. The highest BCUT2D eigenvalue weighted by atomic mass is 32.2. The smallest absolute Gasteiger partial charge is 0.230 e. The second-order valence-corrected chi connectivity index (χ2v) is 6.93. The molecule has 116 valence electrons. The predicted octanol–water partition coefficient (Wildman–Crippen LogP) is 3.28.